The van der Waals surface area contributed by atoms with Gasteiger partial charge in [-0.3, -0.25) is 0 Å². The van der Waals surface area contributed by atoms with E-state index in [-0.39, 0.29) is 5.97 Å². The lowest BCUT2D eigenvalue weighted by Gasteiger charge is -2.17. The summed E-state index contributed by atoms with van der Waals surface area (Å²) < 4.78 is 12.4. The maximum Gasteiger partial charge on any atom is 0.355 e. The van der Waals surface area contributed by atoms with Crippen molar-refractivity contribution in [3.63, 3.8) is 0 Å². The third-order valence-electron chi connectivity index (χ3n) is 6.47. The van der Waals surface area contributed by atoms with Crippen molar-refractivity contribution in [2.24, 2.45) is 0 Å². The molecule has 0 spiro atoms. The number of ether oxygens (including phenoxy) is 2. The fourth-order valence-corrected chi connectivity index (χ4v) is 4.90. The summed E-state index contributed by atoms with van der Waals surface area (Å²) in [5.41, 5.74) is 4.01. The Labute approximate surface area is 194 Å². The molecule has 2 aromatic carbocycles. The van der Waals surface area contributed by atoms with Crippen LogP contribution in [0.2, 0.25) is 0 Å². The van der Waals surface area contributed by atoms with Crippen LogP contribution in [0.15, 0.2) is 48.5 Å². The molecule has 33 heavy (non-hydrogen) atoms. The van der Waals surface area contributed by atoms with Crippen molar-refractivity contribution in [3.05, 3.63) is 65.4 Å². The zero-order valence-corrected chi connectivity index (χ0v) is 19.8. The normalized spacial score (nSPS) is 12.4. The zero-order valence-electron chi connectivity index (χ0n) is 19.8. The molecule has 0 aliphatic carbocycles. The van der Waals surface area contributed by atoms with Crippen LogP contribution < -0.4 is 0 Å². The molecule has 4 rings (SSSR count). The van der Waals surface area contributed by atoms with Gasteiger partial charge in [-0.2, -0.15) is 0 Å². The third kappa shape index (κ3) is 3.97. The topological polar surface area (TPSA) is 57.0 Å². The molecule has 2 heterocycles. The fraction of sp³-hybridized carbons (Fsp3) is 0.357. The minimum atomic E-state index is -0.398. The molecule has 0 aliphatic rings. The van der Waals surface area contributed by atoms with E-state index in [1.54, 1.807) is 0 Å². The molecule has 0 radical (unpaired) electrons. The Kier molecular flexibility index (Phi) is 6.68. The van der Waals surface area contributed by atoms with E-state index in [1.165, 1.54) is 12.7 Å². The van der Waals surface area contributed by atoms with E-state index in [4.69, 9.17) is 9.47 Å². The van der Waals surface area contributed by atoms with Gasteiger partial charge in [0.05, 0.1) is 30.3 Å². The lowest BCUT2D eigenvalue weighted by Crippen LogP contribution is -2.11. The Bertz CT molecular complexity index is 1330. The van der Waals surface area contributed by atoms with Crippen LogP contribution in [-0.4, -0.2) is 30.1 Å². The Morgan fingerprint density at radius 3 is 2.45 bits per heavy atom. The summed E-state index contributed by atoms with van der Waals surface area (Å²) in [7, 11) is 1.38. The second-order valence-corrected chi connectivity index (χ2v) is 8.41. The van der Waals surface area contributed by atoms with Crippen molar-refractivity contribution in [3.8, 4) is 0 Å². The number of aromatic nitrogens is 1. The molecular formula is C28H31NO4. The van der Waals surface area contributed by atoms with Gasteiger partial charge < -0.3 is 13.9 Å². The average Bonchev–Trinajstić information content (AvgIpc) is 3.18. The van der Waals surface area contributed by atoms with Crippen LogP contribution in [0.4, 0.5) is 0 Å². The highest BCUT2D eigenvalue weighted by atomic mass is 16.5. The maximum atomic E-state index is 13.1. The minimum Gasteiger partial charge on any atom is -0.465 e. The highest BCUT2D eigenvalue weighted by molar-refractivity contribution is 6.10. The van der Waals surface area contributed by atoms with Crippen LogP contribution in [0, 0.1) is 0 Å². The van der Waals surface area contributed by atoms with Crippen LogP contribution in [0.25, 0.3) is 27.2 Å². The molecule has 0 saturated heterocycles. The first kappa shape index (κ1) is 22.8. The van der Waals surface area contributed by atoms with E-state index < -0.39 is 5.97 Å². The molecule has 5 heteroatoms. The maximum absolute atomic E-state index is 13.1. The van der Waals surface area contributed by atoms with Crippen molar-refractivity contribution in [2.45, 2.75) is 52.4 Å². The number of fused-ring (bicyclic) bond motifs is 5. The molecule has 2 aromatic heterocycles. The van der Waals surface area contributed by atoms with Crippen LogP contribution in [0.5, 0.6) is 0 Å². The molecular weight excluding hydrogens is 414 g/mol. The molecule has 172 valence electrons. The van der Waals surface area contributed by atoms with Crippen LogP contribution in [0.1, 0.15) is 78.8 Å². The van der Waals surface area contributed by atoms with Gasteiger partial charge in [-0.15, -0.1) is 0 Å². The molecule has 5 nitrogen and oxygen atoms in total. The highest BCUT2D eigenvalue weighted by Gasteiger charge is 2.25. The first-order valence-electron chi connectivity index (χ1n) is 11.8. The number of carbonyl (C=O) groups is 2. The van der Waals surface area contributed by atoms with E-state index in [0.717, 1.165) is 52.9 Å². The van der Waals surface area contributed by atoms with E-state index in [9.17, 15) is 9.59 Å². The minimum absolute atomic E-state index is 0.292. The molecule has 1 atom stereocenters. The standard InChI is InChI=1S/C28H31NO4/c1-5-8-11-18(6-2)25-22-15-14-20(27(30)32-4)17-23(22)29-24(28(31)33-7-3)16-19-12-9-10-13-21(19)26(25)29/h9-10,12-18H,5-8,11H2,1-4H3. The van der Waals surface area contributed by atoms with Gasteiger partial charge in [0.2, 0.25) is 0 Å². The van der Waals surface area contributed by atoms with Gasteiger partial charge in [0.15, 0.2) is 0 Å². The molecule has 4 aromatic rings. The van der Waals surface area contributed by atoms with Gasteiger partial charge in [0.25, 0.3) is 0 Å². The van der Waals surface area contributed by atoms with E-state index in [0.29, 0.717) is 23.8 Å². The third-order valence-corrected chi connectivity index (χ3v) is 6.47. The van der Waals surface area contributed by atoms with Crippen molar-refractivity contribution in [2.75, 3.05) is 13.7 Å². The van der Waals surface area contributed by atoms with Crippen LogP contribution in [-0.2, 0) is 9.47 Å². The largest absolute Gasteiger partial charge is 0.465 e. The number of unbranched alkanes of at least 4 members (excludes halogenated alkanes) is 1. The van der Waals surface area contributed by atoms with E-state index in [1.807, 2.05) is 53.8 Å². The Morgan fingerprint density at radius 2 is 1.76 bits per heavy atom. The average molecular weight is 446 g/mol. The van der Waals surface area contributed by atoms with Gasteiger partial charge in [-0.25, -0.2) is 9.59 Å². The molecule has 0 amide bonds. The number of hydrogen-bond acceptors (Lipinski definition) is 4. The van der Waals surface area contributed by atoms with Crippen LogP contribution >= 0.6 is 0 Å². The number of carbonyl (C=O) groups excluding carboxylic acids is 2. The number of hydrogen-bond donors (Lipinski definition) is 0. The van der Waals surface area contributed by atoms with Crippen LogP contribution in [0.3, 0.4) is 0 Å². The summed E-state index contributed by atoms with van der Waals surface area (Å²) in [5, 5.41) is 3.15. The number of rotatable bonds is 8. The Balaban J connectivity index is 2.20. The predicted molar refractivity (Wildman–Crippen MR) is 132 cm³/mol. The van der Waals surface area contributed by atoms with E-state index >= 15 is 0 Å². The monoisotopic (exact) mass is 445 g/mol. The summed E-state index contributed by atoms with van der Waals surface area (Å²) in [6.45, 7) is 6.53. The first-order chi connectivity index (χ1) is 16.0. The molecule has 0 aliphatic heterocycles. The quantitative estimate of drug-likeness (QED) is 0.277. The van der Waals surface area contributed by atoms with Crippen molar-refractivity contribution in [1.82, 2.24) is 4.40 Å². The van der Waals surface area contributed by atoms with Gasteiger partial charge in [0.1, 0.15) is 5.69 Å². The van der Waals surface area contributed by atoms with Crippen molar-refractivity contribution < 1.29 is 19.1 Å². The van der Waals surface area contributed by atoms with Gasteiger partial charge in [-0.05, 0) is 54.8 Å². The first-order valence-corrected chi connectivity index (χ1v) is 11.8. The van der Waals surface area contributed by atoms with E-state index in [2.05, 4.69) is 19.9 Å². The van der Waals surface area contributed by atoms with Gasteiger partial charge in [-0.1, -0.05) is 57.0 Å². The Hall–Kier alpha value is -3.34. The predicted octanol–water partition coefficient (Wildman–Crippen LogP) is 6.89. The summed E-state index contributed by atoms with van der Waals surface area (Å²) >= 11 is 0. The molecule has 0 fully saturated rings. The fourth-order valence-electron chi connectivity index (χ4n) is 4.90. The number of methoxy groups -OCH3 is 1. The second-order valence-electron chi connectivity index (χ2n) is 8.41. The lowest BCUT2D eigenvalue weighted by molar-refractivity contribution is 0.0517. The van der Waals surface area contributed by atoms with Crippen molar-refractivity contribution in [1.29, 1.82) is 0 Å². The lowest BCUT2D eigenvalue weighted by atomic mass is 9.88. The number of pyridine rings is 1. The summed E-state index contributed by atoms with van der Waals surface area (Å²) in [6, 6.07) is 15.7. The second kappa shape index (κ2) is 9.65. The SMILES string of the molecule is CCCCC(CC)c1c2ccc(C(=O)OC)cc2n2c(C(=O)OCC)cc3ccccc3c12. The molecule has 1 unspecified atom stereocenters. The molecule has 0 saturated carbocycles. The van der Waals surface area contributed by atoms with Gasteiger partial charge in [0, 0.05) is 10.8 Å². The number of nitrogens with zero attached hydrogens (tertiary/aromatic N) is 1. The Morgan fingerprint density at radius 1 is 0.970 bits per heavy atom. The number of esters is 2. The summed E-state index contributed by atoms with van der Waals surface area (Å²) in [5.74, 6) is -0.436. The smallest absolute Gasteiger partial charge is 0.355 e. The van der Waals surface area contributed by atoms with Gasteiger partial charge >= 0.3 is 11.9 Å². The highest BCUT2D eigenvalue weighted by Crippen LogP contribution is 2.41. The van der Waals surface area contributed by atoms with Crippen molar-refractivity contribution >= 4 is 39.1 Å². The summed E-state index contributed by atoms with van der Waals surface area (Å²) in [4.78, 5) is 25.4. The summed E-state index contributed by atoms with van der Waals surface area (Å²) in [6.07, 6.45) is 4.32. The molecule has 0 bridgehead atoms. The number of benzene rings is 2. The zero-order chi connectivity index (χ0) is 23.5. The molecule has 0 N–H and O–H groups in total.